The van der Waals surface area contributed by atoms with Crippen LogP contribution in [0.2, 0.25) is 0 Å². The predicted molar refractivity (Wildman–Crippen MR) is 58.7 cm³/mol. The second kappa shape index (κ2) is 4.09. The van der Waals surface area contributed by atoms with E-state index >= 15 is 0 Å². The van der Waals surface area contributed by atoms with Crippen molar-refractivity contribution in [1.82, 2.24) is 0 Å². The molecule has 0 aliphatic heterocycles. The molecule has 17 heavy (non-hydrogen) atoms. The van der Waals surface area contributed by atoms with Gasteiger partial charge in [-0.1, -0.05) is 19.4 Å². The molecule has 1 aromatic rings. The van der Waals surface area contributed by atoms with Gasteiger partial charge >= 0.3 is 5.97 Å². The molecule has 0 spiro atoms. The molecule has 2 unspecified atom stereocenters. The van der Waals surface area contributed by atoms with Gasteiger partial charge in [-0.25, -0.2) is 8.78 Å². The van der Waals surface area contributed by atoms with E-state index in [2.05, 4.69) is 0 Å². The second-order valence-electron chi connectivity index (χ2n) is 4.69. The Kier molecular flexibility index (Phi) is 2.89. The van der Waals surface area contributed by atoms with Crippen LogP contribution in [-0.2, 0) is 10.2 Å². The van der Waals surface area contributed by atoms with Crippen LogP contribution in [0.3, 0.4) is 0 Å². The third kappa shape index (κ3) is 1.72. The van der Waals surface area contributed by atoms with Crippen molar-refractivity contribution in [3.63, 3.8) is 0 Å². The zero-order valence-electron chi connectivity index (χ0n) is 9.54. The number of carboxylic acids is 1. The van der Waals surface area contributed by atoms with Gasteiger partial charge in [-0.3, -0.25) is 4.79 Å². The molecule has 2 nitrogen and oxygen atoms in total. The topological polar surface area (TPSA) is 37.3 Å². The van der Waals surface area contributed by atoms with Crippen LogP contribution in [0.4, 0.5) is 8.78 Å². The molecule has 0 aromatic heterocycles. The fourth-order valence-electron chi connectivity index (χ4n) is 2.86. The van der Waals surface area contributed by atoms with Crippen LogP contribution < -0.4 is 0 Å². The summed E-state index contributed by atoms with van der Waals surface area (Å²) in [6, 6.07) is 3.14. The highest BCUT2D eigenvalue weighted by Gasteiger charge is 2.49. The Morgan fingerprint density at radius 3 is 2.65 bits per heavy atom. The minimum Gasteiger partial charge on any atom is -0.481 e. The summed E-state index contributed by atoms with van der Waals surface area (Å²) in [5.41, 5.74) is -1.09. The largest absolute Gasteiger partial charge is 0.481 e. The normalized spacial score (nSPS) is 28.3. The van der Waals surface area contributed by atoms with Crippen LogP contribution in [0.1, 0.15) is 31.7 Å². The monoisotopic (exact) mass is 240 g/mol. The summed E-state index contributed by atoms with van der Waals surface area (Å²) in [6.45, 7) is 1.81. The summed E-state index contributed by atoms with van der Waals surface area (Å²) < 4.78 is 26.6. The number of carboxylic acid groups (broad SMARTS) is 1. The van der Waals surface area contributed by atoms with Gasteiger partial charge in [0.25, 0.3) is 0 Å². The summed E-state index contributed by atoms with van der Waals surface area (Å²) in [5, 5.41) is 9.42. The van der Waals surface area contributed by atoms with Crippen molar-refractivity contribution < 1.29 is 18.7 Å². The van der Waals surface area contributed by atoms with Crippen LogP contribution in [0.5, 0.6) is 0 Å². The summed E-state index contributed by atoms with van der Waals surface area (Å²) in [5.74, 6) is -2.61. The molecule has 0 bridgehead atoms. The van der Waals surface area contributed by atoms with Crippen LogP contribution in [0, 0.1) is 17.6 Å². The van der Waals surface area contributed by atoms with Gasteiger partial charge in [0.1, 0.15) is 11.6 Å². The summed E-state index contributed by atoms with van der Waals surface area (Å²) in [6.07, 6.45) is 1.92. The zero-order valence-corrected chi connectivity index (χ0v) is 9.54. The quantitative estimate of drug-likeness (QED) is 0.862. The second-order valence-corrected chi connectivity index (χ2v) is 4.69. The van der Waals surface area contributed by atoms with Crippen LogP contribution in [0.15, 0.2) is 18.2 Å². The predicted octanol–water partition coefficient (Wildman–Crippen LogP) is 3.11. The number of hydrogen-bond acceptors (Lipinski definition) is 1. The van der Waals surface area contributed by atoms with Crippen molar-refractivity contribution >= 4 is 5.97 Å². The molecule has 2 atom stereocenters. The Labute approximate surface area is 98.3 Å². The molecule has 1 aliphatic carbocycles. The van der Waals surface area contributed by atoms with Crippen molar-refractivity contribution in [2.45, 2.75) is 31.6 Å². The number of carbonyl (C=O) groups is 1. The van der Waals surface area contributed by atoms with E-state index in [-0.39, 0.29) is 11.5 Å². The lowest BCUT2D eigenvalue weighted by Gasteiger charge is -2.29. The Morgan fingerprint density at radius 2 is 2.18 bits per heavy atom. The van der Waals surface area contributed by atoms with Crippen LogP contribution in [-0.4, -0.2) is 11.1 Å². The zero-order chi connectivity index (χ0) is 12.6. The average molecular weight is 240 g/mol. The van der Waals surface area contributed by atoms with Crippen LogP contribution in [0.25, 0.3) is 0 Å². The van der Waals surface area contributed by atoms with Gasteiger partial charge < -0.3 is 5.11 Å². The van der Waals surface area contributed by atoms with E-state index in [4.69, 9.17) is 0 Å². The van der Waals surface area contributed by atoms with E-state index in [9.17, 15) is 18.7 Å². The fourth-order valence-corrected chi connectivity index (χ4v) is 2.86. The maximum atomic E-state index is 13.8. The minimum absolute atomic E-state index is 0.108. The first-order valence-corrected chi connectivity index (χ1v) is 5.67. The Morgan fingerprint density at radius 1 is 1.47 bits per heavy atom. The highest BCUT2D eigenvalue weighted by Crippen LogP contribution is 2.46. The lowest BCUT2D eigenvalue weighted by Crippen LogP contribution is -2.39. The number of benzene rings is 1. The smallest absolute Gasteiger partial charge is 0.314 e. The molecule has 1 fully saturated rings. The molecule has 0 saturated heterocycles. The Bertz CT molecular complexity index is 459. The molecule has 4 heteroatoms. The molecule has 0 heterocycles. The van der Waals surface area contributed by atoms with Crippen LogP contribution >= 0.6 is 0 Å². The number of aliphatic carboxylic acids is 1. The van der Waals surface area contributed by atoms with Gasteiger partial charge in [0.15, 0.2) is 0 Å². The van der Waals surface area contributed by atoms with Crippen molar-refractivity contribution in [3.05, 3.63) is 35.4 Å². The van der Waals surface area contributed by atoms with Crippen molar-refractivity contribution in [1.29, 1.82) is 0 Å². The number of halogens is 2. The molecule has 2 rings (SSSR count). The molecule has 1 N–H and O–H groups in total. The first kappa shape index (κ1) is 12.0. The van der Waals surface area contributed by atoms with Gasteiger partial charge in [0.2, 0.25) is 0 Å². The van der Waals surface area contributed by atoms with Gasteiger partial charge in [0.05, 0.1) is 5.41 Å². The highest BCUT2D eigenvalue weighted by molar-refractivity contribution is 5.82. The molecule has 92 valence electrons. The molecule has 1 aromatic carbocycles. The van der Waals surface area contributed by atoms with E-state index < -0.39 is 23.0 Å². The van der Waals surface area contributed by atoms with Gasteiger partial charge in [-0.2, -0.15) is 0 Å². The summed E-state index contributed by atoms with van der Waals surface area (Å²) in [7, 11) is 0. The third-order valence-corrected chi connectivity index (χ3v) is 3.84. The lowest BCUT2D eigenvalue weighted by molar-refractivity contribution is -0.145. The maximum absolute atomic E-state index is 13.8. The number of hydrogen-bond donors (Lipinski definition) is 1. The first-order chi connectivity index (χ1) is 7.98. The summed E-state index contributed by atoms with van der Waals surface area (Å²) in [4.78, 5) is 11.5. The van der Waals surface area contributed by atoms with Crippen molar-refractivity contribution in [2.75, 3.05) is 0 Å². The van der Waals surface area contributed by atoms with E-state index in [1.54, 1.807) is 0 Å². The van der Waals surface area contributed by atoms with Gasteiger partial charge in [-0.05, 0) is 24.8 Å². The first-order valence-electron chi connectivity index (χ1n) is 5.67. The molecule has 0 amide bonds. The summed E-state index contributed by atoms with van der Waals surface area (Å²) >= 11 is 0. The van der Waals surface area contributed by atoms with Gasteiger partial charge in [-0.15, -0.1) is 0 Å². The highest BCUT2D eigenvalue weighted by atomic mass is 19.1. The number of rotatable bonds is 2. The molecule has 1 saturated carbocycles. The molecule has 1 aliphatic rings. The fraction of sp³-hybridized carbons (Fsp3) is 0.462. The van der Waals surface area contributed by atoms with E-state index in [1.807, 2.05) is 6.92 Å². The molecular formula is C13H14F2O2. The lowest BCUT2D eigenvalue weighted by atomic mass is 9.73. The van der Waals surface area contributed by atoms with E-state index in [0.29, 0.717) is 6.42 Å². The third-order valence-electron chi connectivity index (χ3n) is 3.84. The minimum atomic E-state index is -1.20. The van der Waals surface area contributed by atoms with E-state index in [1.165, 1.54) is 6.07 Å². The Hall–Kier alpha value is -1.45. The molecule has 0 radical (unpaired) electrons. The van der Waals surface area contributed by atoms with Crippen molar-refractivity contribution in [3.8, 4) is 0 Å². The molecular weight excluding hydrogens is 226 g/mol. The Balaban J connectivity index is 2.58. The van der Waals surface area contributed by atoms with E-state index in [0.717, 1.165) is 25.0 Å². The maximum Gasteiger partial charge on any atom is 0.314 e. The average Bonchev–Trinajstić information content (AvgIpc) is 2.61. The van der Waals surface area contributed by atoms with Crippen molar-refractivity contribution in [2.24, 2.45) is 5.92 Å². The standard InChI is InChI=1S/C13H14F2O2/c1-8-3-2-6-13(8,12(16)17)10-5-4-9(14)7-11(10)15/h4-5,7-8H,2-3,6H2,1H3,(H,16,17). The van der Waals surface area contributed by atoms with Gasteiger partial charge in [0, 0.05) is 11.6 Å². The SMILES string of the molecule is CC1CCCC1(C(=O)O)c1ccc(F)cc1F.